The largest absolute Gasteiger partial charge is 0.480 e. The van der Waals surface area contributed by atoms with Crippen molar-refractivity contribution in [2.45, 2.75) is 70.4 Å². The van der Waals surface area contributed by atoms with Crippen LogP contribution in [0.25, 0.3) is 11.1 Å². The van der Waals surface area contributed by atoms with Crippen molar-refractivity contribution in [2.75, 3.05) is 12.0 Å². The molecule has 0 heterocycles. The van der Waals surface area contributed by atoms with Crippen molar-refractivity contribution >= 4 is 29.5 Å². The third-order valence-electron chi connectivity index (χ3n) is 6.59. The predicted molar refractivity (Wildman–Crippen MR) is 142 cm³/mol. The molecule has 3 rings (SSSR count). The van der Waals surface area contributed by atoms with Gasteiger partial charge in [0, 0.05) is 18.0 Å². The van der Waals surface area contributed by atoms with Gasteiger partial charge in [0.15, 0.2) is 0 Å². The molecule has 0 spiro atoms. The van der Waals surface area contributed by atoms with Gasteiger partial charge in [-0.25, -0.2) is 4.79 Å². The number of amides is 2. The van der Waals surface area contributed by atoms with Crippen molar-refractivity contribution in [2.24, 2.45) is 0 Å². The Labute approximate surface area is 212 Å². The SMILES string of the molecule is CSCCC(NC(=O)c1ccc(CCC(=O)NC2CCCCC2)cc1-c1ccccc1C)C(=O)O. The molecule has 0 aromatic heterocycles. The molecule has 1 aliphatic rings. The van der Waals surface area contributed by atoms with Gasteiger partial charge in [-0.3, -0.25) is 9.59 Å². The van der Waals surface area contributed by atoms with Crippen molar-refractivity contribution in [3.05, 3.63) is 59.2 Å². The van der Waals surface area contributed by atoms with E-state index in [1.165, 1.54) is 19.3 Å². The number of aryl methyl sites for hydroxylation is 2. The summed E-state index contributed by atoms with van der Waals surface area (Å²) in [6.07, 6.45) is 8.95. The molecule has 3 N–H and O–H groups in total. The van der Waals surface area contributed by atoms with Crippen LogP contribution in [0, 0.1) is 6.92 Å². The van der Waals surface area contributed by atoms with E-state index in [4.69, 9.17) is 0 Å². The Bertz CT molecular complexity index is 1030. The normalized spacial score (nSPS) is 14.8. The van der Waals surface area contributed by atoms with Crippen LogP contribution in [-0.4, -0.2) is 47.0 Å². The first-order valence-corrected chi connectivity index (χ1v) is 13.8. The third-order valence-corrected chi connectivity index (χ3v) is 7.23. The molecule has 0 bridgehead atoms. The van der Waals surface area contributed by atoms with Crippen LogP contribution in [0.1, 0.15) is 66.4 Å². The molecule has 1 fully saturated rings. The van der Waals surface area contributed by atoms with Gasteiger partial charge in [-0.1, -0.05) is 55.7 Å². The Morgan fingerprint density at radius 2 is 1.80 bits per heavy atom. The number of carboxylic acid groups (broad SMARTS) is 1. The van der Waals surface area contributed by atoms with Crippen LogP contribution in [0.3, 0.4) is 0 Å². The van der Waals surface area contributed by atoms with E-state index in [1.54, 1.807) is 17.8 Å². The van der Waals surface area contributed by atoms with Gasteiger partial charge >= 0.3 is 5.97 Å². The van der Waals surface area contributed by atoms with Gasteiger partial charge < -0.3 is 15.7 Å². The van der Waals surface area contributed by atoms with Crippen LogP contribution in [0.15, 0.2) is 42.5 Å². The number of hydrogen-bond donors (Lipinski definition) is 3. The number of benzene rings is 2. The van der Waals surface area contributed by atoms with Crippen LogP contribution in [0.4, 0.5) is 0 Å². The highest BCUT2D eigenvalue weighted by atomic mass is 32.2. The zero-order valence-electron chi connectivity index (χ0n) is 20.6. The Hall–Kier alpha value is -2.80. The molecule has 0 aliphatic heterocycles. The Morgan fingerprint density at radius 1 is 1.06 bits per heavy atom. The quantitative estimate of drug-likeness (QED) is 0.408. The summed E-state index contributed by atoms with van der Waals surface area (Å²) in [4.78, 5) is 37.4. The van der Waals surface area contributed by atoms with Gasteiger partial charge in [0.05, 0.1) is 0 Å². The summed E-state index contributed by atoms with van der Waals surface area (Å²) >= 11 is 1.55. The van der Waals surface area contributed by atoms with Crippen molar-refractivity contribution in [3.63, 3.8) is 0 Å². The number of carbonyl (C=O) groups excluding carboxylic acids is 2. The smallest absolute Gasteiger partial charge is 0.326 e. The van der Waals surface area contributed by atoms with Crippen molar-refractivity contribution in [3.8, 4) is 11.1 Å². The molecule has 188 valence electrons. The maximum absolute atomic E-state index is 13.2. The second-order valence-corrected chi connectivity index (χ2v) is 10.2. The molecule has 7 heteroatoms. The molecule has 2 amide bonds. The lowest BCUT2D eigenvalue weighted by molar-refractivity contribution is -0.139. The van der Waals surface area contributed by atoms with Crippen LogP contribution >= 0.6 is 11.8 Å². The topological polar surface area (TPSA) is 95.5 Å². The fourth-order valence-corrected chi connectivity index (χ4v) is 5.05. The molecule has 0 radical (unpaired) electrons. The zero-order valence-corrected chi connectivity index (χ0v) is 21.5. The molecule has 1 aliphatic carbocycles. The first-order valence-electron chi connectivity index (χ1n) is 12.4. The molecule has 2 aromatic rings. The molecule has 1 saturated carbocycles. The zero-order chi connectivity index (χ0) is 25.2. The van der Waals surface area contributed by atoms with Crippen LogP contribution < -0.4 is 10.6 Å². The second kappa shape index (κ2) is 13.3. The molecule has 1 atom stereocenters. The van der Waals surface area contributed by atoms with E-state index in [-0.39, 0.29) is 11.9 Å². The Morgan fingerprint density at radius 3 is 2.49 bits per heavy atom. The number of rotatable bonds is 11. The lowest BCUT2D eigenvalue weighted by Crippen LogP contribution is -2.41. The third kappa shape index (κ3) is 7.85. The minimum Gasteiger partial charge on any atom is -0.480 e. The number of carbonyl (C=O) groups is 3. The lowest BCUT2D eigenvalue weighted by atomic mass is 9.92. The maximum Gasteiger partial charge on any atom is 0.326 e. The van der Waals surface area contributed by atoms with Crippen molar-refractivity contribution in [1.29, 1.82) is 0 Å². The first-order chi connectivity index (χ1) is 16.9. The summed E-state index contributed by atoms with van der Waals surface area (Å²) in [7, 11) is 0. The Kier molecular flexibility index (Phi) is 10.2. The molecule has 6 nitrogen and oxygen atoms in total. The number of nitrogens with one attached hydrogen (secondary N) is 2. The number of carboxylic acids is 1. The first kappa shape index (κ1) is 26.8. The number of thioether (sulfide) groups is 1. The van der Waals surface area contributed by atoms with E-state index in [2.05, 4.69) is 10.6 Å². The lowest BCUT2D eigenvalue weighted by Gasteiger charge is -2.22. The standard InChI is InChI=1S/C28H36N2O4S/c1-19-8-6-7-11-22(19)24-18-20(13-15-26(31)29-21-9-4-3-5-10-21)12-14-23(24)27(32)30-25(28(33)34)16-17-35-2/h6-8,11-12,14,18,21,25H,3-5,9-10,13,15-17H2,1-2H3,(H,29,31)(H,30,32)(H,33,34). The van der Waals surface area contributed by atoms with Crippen molar-refractivity contribution in [1.82, 2.24) is 10.6 Å². The van der Waals surface area contributed by atoms with E-state index in [9.17, 15) is 19.5 Å². The monoisotopic (exact) mass is 496 g/mol. The summed E-state index contributed by atoms with van der Waals surface area (Å²) in [6, 6.07) is 12.7. The van der Waals surface area contributed by atoms with Gasteiger partial charge in [-0.15, -0.1) is 0 Å². The average molecular weight is 497 g/mol. The highest BCUT2D eigenvalue weighted by Crippen LogP contribution is 2.29. The highest BCUT2D eigenvalue weighted by molar-refractivity contribution is 7.98. The van der Waals surface area contributed by atoms with Crippen LogP contribution in [0.2, 0.25) is 0 Å². The molecule has 0 saturated heterocycles. The van der Waals surface area contributed by atoms with Crippen molar-refractivity contribution < 1.29 is 19.5 Å². The van der Waals surface area contributed by atoms with Crippen LogP contribution in [-0.2, 0) is 16.0 Å². The number of aliphatic carboxylic acids is 1. The highest BCUT2D eigenvalue weighted by Gasteiger charge is 2.23. The minimum atomic E-state index is -1.04. The molecule has 35 heavy (non-hydrogen) atoms. The fourth-order valence-electron chi connectivity index (χ4n) is 4.58. The van der Waals surface area contributed by atoms with E-state index in [0.29, 0.717) is 30.6 Å². The van der Waals surface area contributed by atoms with Gasteiger partial charge in [0.25, 0.3) is 5.91 Å². The fraction of sp³-hybridized carbons (Fsp3) is 0.464. The van der Waals surface area contributed by atoms with E-state index in [0.717, 1.165) is 35.1 Å². The van der Waals surface area contributed by atoms with E-state index < -0.39 is 17.9 Å². The molecular formula is C28H36N2O4S. The maximum atomic E-state index is 13.2. The molecular weight excluding hydrogens is 460 g/mol. The molecule has 2 aromatic carbocycles. The summed E-state index contributed by atoms with van der Waals surface area (Å²) in [5, 5.41) is 15.4. The van der Waals surface area contributed by atoms with E-state index >= 15 is 0 Å². The van der Waals surface area contributed by atoms with E-state index in [1.807, 2.05) is 49.6 Å². The van der Waals surface area contributed by atoms with Gasteiger partial charge in [0.1, 0.15) is 6.04 Å². The summed E-state index contributed by atoms with van der Waals surface area (Å²) in [5.41, 5.74) is 4.09. The average Bonchev–Trinajstić information content (AvgIpc) is 2.85. The van der Waals surface area contributed by atoms with Gasteiger partial charge in [-0.05, 0) is 72.9 Å². The number of hydrogen-bond acceptors (Lipinski definition) is 4. The summed E-state index contributed by atoms with van der Waals surface area (Å²) < 4.78 is 0. The van der Waals surface area contributed by atoms with Gasteiger partial charge in [0.2, 0.25) is 5.91 Å². The van der Waals surface area contributed by atoms with Gasteiger partial charge in [-0.2, -0.15) is 11.8 Å². The predicted octanol–water partition coefficient (Wildman–Crippen LogP) is 4.98. The second-order valence-electron chi connectivity index (χ2n) is 9.24. The Balaban J connectivity index is 1.79. The molecule has 1 unspecified atom stereocenters. The minimum absolute atomic E-state index is 0.0641. The summed E-state index contributed by atoms with van der Waals surface area (Å²) in [5.74, 6) is -0.734. The summed E-state index contributed by atoms with van der Waals surface area (Å²) in [6.45, 7) is 1.99. The van der Waals surface area contributed by atoms with Crippen LogP contribution in [0.5, 0.6) is 0 Å².